The fraction of sp³-hybridized carbons (Fsp3) is 0.636. The number of hydrogen-bond donors (Lipinski definition) is 2. The highest BCUT2D eigenvalue weighted by atomic mass is 32.2. The zero-order chi connectivity index (χ0) is 16.1. The molecule has 0 fully saturated rings. The highest BCUT2D eigenvalue weighted by Gasteiger charge is 2.28. The Labute approximate surface area is 125 Å². The number of furan rings is 1. The third-order valence-corrected chi connectivity index (χ3v) is 4.73. The molecule has 21 heavy (non-hydrogen) atoms. The van der Waals surface area contributed by atoms with E-state index in [1.54, 1.807) is 0 Å². The number of halogens is 3. The van der Waals surface area contributed by atoms with Crippen LogP contribution < -0.4 is 10.0 Å². The van der Waals surface area contributed by atoms with Gasteiger partial charge in [0.25, 0.3) is 0 Å². The third kappa shape index (κ3) is 6.29. The van der Waals surface area contributed by atoms with Crippen molar-refractivity contribution in [1.29, 1.82) is 0 Å². The standard InChI is InChI=1S/C11H17F3N2O3S2/c1-3-15-7-9-6-10(8(2)19-9)21(17,18)16-4-5-20-11(12,13)14/h6,15-16H,3-5,7H2,1-2H3. The maximum Gasteiger partial charge on any atom is 0.441 e. The van der Waals surface area contributed by atoms with Gasteiger partial charge in [0.1, 0.15) is 16.4 Å². The number of sulfonamides is 1. The average molecular weight is 346 g/mol. The van der Waals surface area contributed by atoms with Crippen LogP contribution in [0.25, 0.3) is 0 Å². The van der Waals surface area contributed by atoms with Gasteiger partial charge in [-0.1, -0.05) is 6.92 Å². The lowest BCUT2D eigenvalue weighted by molar-refractivity contribution is -0.0327. The first-order chi connectivity index (χ1) is 9.65. The molecule has 0 unspecified atom stereocenters. The van der Waals surface area contributed by atoms with Gasteiger partial charge in [-0.2, -0.15) is 13.2 Å². The fourth-order valence-electron chi connectivity index (χ4n) is 1.55. The van der Waals surface area contributed by atoms with Crippen molar-refractivity contribution in [2.45, 2.75) is 30.8 Å². The van der Waals surface area contributed by atoms with Crippen LogP contribution in [0.5, 0.6) is 0 Å². The van der Waals surface area contributed by atoms with E-state index in [-0.39, 0.29) is 34.7 Å². The summed E-state index contributed by atoms with van der Waals surface area (Å²) in [6.45, 7) is 4.17. The molecule has 0 atom stereocenters. The van der Waals surface area contributed by atoms with Crippen molar-refractivity contribution in [2.75, 3.05) is 18.8 Å². The molecule has 0 saturated heterocycles. The van der Waals surface area contributed by atoms with Gasteiger partial charge < -0.3 is 9.73 Å². The van der Waals surface area contributed by atoms with Gasteiger partial charge in [-0.15, -0.1) is 0 Å². The van der Waals surface area contributed by atoms with E-state index in [9.17, 15) is 21.6 Å². The minimum absolute atomic E-state index is 0.0487. The molecule has 0 spiro atoms. The van der Waals surface area contributed by atoms with Crippen LogP contribution in [0.1, 0.15) is 18.4 Å². The van der Waals surface area contributed by atoms with Crippen molar-refractivity contribution >= 4 is 21.8 Å². The fourth-order valence-corrected chi connectivity index (χ4v) is 3.34. The molecule has 0 aliphatic carbocycles. The molecule has 0 aliphatic heterocycles. The lowest BCUT2D eigenvalue weighted by Gasteiger charge is -2.07. The first-order valence-corrected chi connectivity index (χ1v) is 8.63. The summed E-state index contributed by atoms with van der Waals surface area (Å²) >= 11 is -0.270. The van der Waals surface area contributed by atoms with Crippen LogP contribution in [0, 0.1) is 6.92 Å². The Morgan fingerprint density at radius 1 is 1.38 bits per heavy atom. The molecule has 1 heterocycles. The van der Waals surface area contributed by atoms with Gasteiger partial charge in [0, 0.05) is 18.4 Å². The summed E-state index contributed by atoms with van der Waals surface area (Å²) in [4.78, 5) is -0.0487. The van der Waals surface area contributed by atoms with Crippen molar-refractivity contribution in [3.8, 4) is 0 Å². The Balaban J connectivity index is 2.63. The quantitative estimate of drug-likeness (QED) is 0.707. The minimum atomic E-state index is -4.37. The van der Waals surface area contributed by atoms with Crippen LogP contribution in [0.3, 0.4) is 0 Å². The van der Waals surface area contributed by atoms with E-state index in [4.69, 9.17) is 4.42 Å². The number of rotatable bonds is 8. The summed E-state index contributed by atoms with van der Waals surface area (Å²) in [7, 11) is -3.87. The van der Waals surface area contributed by atoms with Crippen molar-refractivity contribution in [2.24, 2.45) is 0 Å². The Morgan fingerprint density at radius 2 is 2.05 bits per heavy atom. The van der Waals surface area contributed by atoms with Gasteiger partial charge in [-0.3, -0.25) is 0 Å². The highest BCUT2D eigenvalue weighted by Crippen LogP contribution is 2.29. The molecular weight excluding hydrogens is 329 g/mol. The number of nitrogens with one attached hydrogen (secondary N) is 2. The molecule has 0 bridgehead atoms. The molecule has 0 saturated carbocycles. The highest BCUT2D eigenvalue weighted by molar-refractivity contribution is 8.00. The number of thioether (sulfide) groups is 1. The molecule has 1 aromatic heterocycles. The summed E-state index contributed by atoms with van der Waals surface area (Å²) in [5, 5.41) is 2.99. The summed E-state index contributed by atoms with van der Waals surface area (Å²) in [5.41, 5.74) is -4.37. The van der Waals surface area contributed by atoms with E-state index in [1.807, 2.05) is 6.92 Å². The van der Waals surface area contributed by atoms with Crippen LogP contribution in [0.2, 0.25) is 0 Å². The first-order valence-electron chi connectivity index (χ1n) is 6.16. The van der Waals surface area contributed by atoms with E-state index in [1.165, 1.54) is 13.0 Å². The van der Waals surface area contributed by atoms with Crippen LogP contribution in [0.15, 0.2) is 15.4 Å². The normalized spacial score (nSPS) is 12.8. The lowest BCUT2D eigenvalue weighted by atomic mass is 10.4. The van der Waals surface area contributed by atoms with E-state index < -0.39 is 15.5 Å². The van der Waals surface area contributed by atoms with E-state index in [0.717, 1.165) is 0 Å². The third-order valence-electron chi connectivity index (χ3n) is 2.42. The van der Waals surface area contributed by atoms with Crippen molar-refractivity contribution < 1.29 is 26.0 Å². The predicted octanol–water partition coefficient (Wildman–Crippen LogP) is 2.23. The second-order valence-corrected chi connectivity index (χ2v) is 7.00. The molecule has 5 nitrogen and oxygen atoms in total. The summed E-state index contributed by atoms with van der Waals surface area (Å²) < 4.78 is 67.2. The van der Waals surface area contributed by atoms with Crippen LogP contribution in [0.4, 0.5) is 13.2 Å². The molecule has 0 radical (unpaired) electrons. The van der Waals surface area contributed by atoms with Crippen LogP contribution >= 0.6 is 11.8 Å². The smallest absolute Gasteiger partial charge is 0.441 e. The van der Waals surface area contributed by atoms with E-state index >= 15 is 0 Å². The molecule has 0 amide bonds. The van der Waals surface area contributed by atoms with Gasteiger partial charge in [0.05, 0.1) is 6.54 Å². The maximum atomic E-state index is 12.0. The van der Waals surface area contributed by atoms with Gasteiger partial charge in [-0.25, -0.2) is 13.1 Å². The molecule has 1 aromatic rings. The van der Waals surface area contributed by atoms with E-state index in [0.29, 0.717) is 18.8 Å². The van der Waals surface area contributed by atoms with Crippen molar-refractivity contribution in [1.82, 2.24) is 10.0 Å². The predicted molar refractivity (Wildman–Crippen MR) is 74.5 cm³/mol. The first kappa shape index (κ1) is 18.3. The zero-order valence-corrected chi connectivity index (χ0v) is 13.2. The second-order valence-electron chi connectivity index (χ2n) is 4.11. The topological polar surface area (TPSA) is 71.3 Å². The number of alkyl halides is 3. The van der Waals surface area contributed by atoms with Crippen molar-refractivity contribution in [3.05, 3.63) is 17.6 Å². The van der Waals surface area contributed by atoms with E-state index in [2.05, 4.69) is 10.0 Å². The number of hydrogen-bond acceptors (Lipinski definition) is 5. The summed E-state index contributed by atoms with van der Waals surface area (Å²) in [6.07, 6.45) is 0. The minimum Gasteiger partial charge on any atom is -0.464 e. The van der Waals surface area contributed by atoms with Gasteiger partial charge in [0.2, 0.25) is 10.0 Å². The molecule has 0 aromatic carbocycles. The van der Waals surface area contributed by atoms with Crippen molar-refractivity contribution in [3.63, 3.8) is 0 Å². The van der Waals surface area contributed by atoms with Gasteiger partial charge >= 0.3 is 5.51 Å². The van der Waals surface area contributed by atoms with Gasteiger partial charge in [0.15, 0.2) is 0 Å². The summed E-state index contributed by atoms with van der Waals surface area (Å²) in [5.74, 6) is 0.280. The second kappa shape index (κ2) is 7.52. The Bertz CT molecular complexity index is 556. The molecule has 1 rings (SSSR count). The maximum absolute atomic E-state index is 12.0. The Morgan fingerprint density at radius 3 is 2.62 bits per heavy atom. The molecular formula is C11H17F3N2O3S2. The SMILES string of the molecule is CCNCc1cc(S(=O)(=O)NCCSC(F)(F)F)c(C)o1. The molecule has 122 valence electrons. The Hall–Kier alpha value is -0.710. The summed E-state index contributed by atoms with van der Waals surface area (Å²) in [6, 6.07) is 1.37. The van der Waals surface area contributed by atoms with Gasteiger partial charge in [-0.05, 0) is 25.2 Å². The number of aryl methyl sites for hydroxylation is 1. The van der Waals surface area contributed by atoms with Crippen LogP contribution in [-0.4, -0.2) is 32.8 Å². The zero-order valence-electron chi connectivity index (χ0n) is 11.6. The van der Waals surface area contributed by atoms with Crippen LogP contribution in [-0.2, 0) is 16.6 Å². The average Bonchev–Trinajstić information content (AvgIpc) is 2.73. The lowest BCUT2D eigenvalue weighted by Crippen LogP contribution is -2.27. The monoisotopic (exact) mass is 346 g/mol. The molecule has 2 N–H and O–H groups in total. The molecule has 10 heteroatoms. The largest absolute Gasteiger partial charge is 0.464 e. The Kier molecular flexibility index (Phi) is 6.57. The molecule has 0 aliphatic rings.